The summed E-state index contributed by atoms with van der Waals surface area (Å²) >= 11 is 0. The Labute approximate surface area is 256 Å². The first kappa shape index (κ1) is 27.4. The Kier molecular flexibility index (Phi) is 6.63. The van der Waals surface area contributed by atoms with Gasteiger partial charge >= 0.3 is 11.3 Å². The van der Waals surface area contributed by atoms with Crippen molar-refractivity contribution in [2.45, 2.75) is 27.7 Å². The average Bonchev–Trinajstić information content (AvgIpc) is 3.03. The van der Waals surface area contributed by atoms with Crippen LogP contribution < -0.4 is 9.84 Å². The Bertz CT molecular complexity index is 2130. The quantitative estimate of drug-likeness (QED) is 0.159. The number of carbonyl (C=O) groups is 1. The summed E-state index contributed by atoms with van der Waals surface area (Å²) in [5.41, 5.74) is 9.45. The maximum Gasteiger partial charge on any atom is 0.364 e. The molecule has 0 bridgehead atoms. The summed E-state index contributed by atoms with van der Waals surface area (Å²) in [5.74, 6) is 1.54. The molecule has 7 rings (SSSR count). The van der Waals surface area contributed by atoms with Gasteiger partial charge in [-0.2, -0.15) is 0 Å². The molecule has 0 saturated carbocycles. The van der Waals surface area contributed by atoms with E-state index in [1.807, 2.05) is 113 Å². The normalized spacial score (nSPS) is 16.2. The van der Waals surface area contributed by atoms with E-state index in [0.717, 1.165) is 66.8 Å². The van der Waals surface area contributed by atoms with Crippen molar-refractivity contribution in [3.8, 4) is 17.1 Å². The third-order valence-electron chi connectivity index (χ3n) is 8.15. The van der Waals surface area contributed by atoms with Crippen LogP contribution in [0.25, 0.3) is 39.7 Å². The number of rotatable bonds is 4. The third kappa shape index (κ3) is 4.75. The van der Waals surface area contributed by atoms with Gasteiger partial charge in [-0.1, -0.05) is 60.4 Å². The molecule has 1 aliphatic carbocycles. The number of ketones is 1. The minimum absolute atomic E-state index is 0.169. The van der Waals surface area contributed by atoms with E-state index in [0.29, 0.717) is 11.5 Å². The van der Waals surface area contributed by atoms with Gasteiger partial charge < -0.3 is 9.84 Å². The van der Waals surface area contributed by atoms with Crippen molar-refractivity contribution in [1.82, 2.24) is 0 Å². The highest BCUT2D eigenvalue weighted by Crippen LogP contribution is 2.42. The highest BCUT2D eigenvalue weighted by Gasteiger charge is 2.29. The molecule has 2 heterocycles. The predicted molar refractivity (Wildman–Crippen MR) is 174 cm³/mol. The molecule has 0 fully saturated rings. The molecule has 1 aliphatic heterocycles. The molecule has 4 aromatic carbocycles. The molecule has 0 saturated heterocycles. The zero-order valence-corrected chi connectivity index (χ0v) is 25.0. The van der Waals surface area contributed by atoms with E-state index in [9.17, 15) is 9.90 Å². The molecule has 2 aliphatic rings. The van der Waals surface area contributed by atoms with Crippen LogP contribution in [0.4, 0.5) is 0 Å². The minimum Gasteiger partial charge on any atom is -0.871 e. The first-order valence-electron chi connectivity index (χ1n) is 14.7. The summed E-state index contributed by atoms with van der Waals surface area (Å²) in [6, 6.07) is 29.8. The number of fused-ring (bicyclic) bond motifs is 2. The maximum atomic E-state index is 13.6. The van der Waals surface area contributed by atoms with E-state index >= 15 is 0 Å². The summed E-state index contributed by atoms with van der Waals surface area (Å²) in [6.07, 6.45) is 5.34. The second-order valence-corrected chi connectivity index (χ2v) is 11.6. The van der Waals surface area contributed by atoms with E-state index < -0.39 is 0 Å². The minimum atomic E-state index is -0.269. The van der Waals surface area contributed by atoms with Gasteiger partial charge in [0.25, 0.3) is 0 Å². The lowest BCUT2D eigenvalue weighted by Crippen LogP contribution is -2.29. The third-order valence-corrected chi connectivity index (χ3v) is 8.15. The summed E-state index contributed by atoms with van der Waals surface area (Å²) < 4.78 is 12.7. The summed E-state index contributed by atoms with van der Waals surface area (Å²) in [7, 11) is 0. The zero-order valence-electron chi connectivity index (χ0n) is 25.0. The standard InChI is InChI=1S/C40H30O4/c1-23-15-25(3)39-31(17-23)29(21-35(43-39)27-11-7-5-8-12-27)19-33-37(41)34(38(33)42)20-30-22-36(28-13-9-6-10-14-28)44-40-26(4)16-24(2)18-32(30)40/h5-22H,1-4H3. The molecule has 0 spiro atoms. The van der Waals surface area contributed by atoms with Gasteiger partial charge in [-0.3, -0.25) is 4.79 Å². The Morgan fingerprint density at radius 1 is 0.750 bits per heavy atom. The highest BCUT2D eigenvalue weighted by atomic mass is 16.5. The van der Waals surface area contributed by atoms with Crippen molar-refractivity contribution in [2.24, 2.45) is 0 Å². The monoisotopic (exact) mass is 574 g/mol. The van der Waals surface area contributed by atoms with Crippen LogP contribution in [-0.2, 0) is 4.79 Å². The molecular weight excluding hydrogens is 544 g/mol. The number of aryl methyl sites for hydroxylation is 4. The van der Waals surface area contributed by atoms with Crippen LogP contribution in [0.15, 0.2) is 124 Å². The smallest absolute Gasteiger partial charge is 0.364 e. The van der Waals surface area contributed by atoms with Gasteiger partial charge in [-0.05, 0) is 98.5 Å². The second-order valence-electron chi connectivity index (χ2n) is 11.6. The van der Waals surface area contributed by atoms with Crippen LogP contribution in [0.5, 0.6) is 5.75 Å². The fraction of sp³-hybridized carbons (Fsp3) is 0.100. The van der Waals surface area contributed by atoms with Crippen LogP contribution in [0.2, 0.25) is 0 Å². The van der Waals surface area contributed by atoms with Crippen molar-refractivity contribution in [1.29, 1.82) is 0 Å². The molecule has 0 atom stereocenters. The van der Waals surface area contributed by atoms with Crippen molar-refractivity contribution in [3.63, 3.8) is 0 Å². The fourth-order valence-electron chi connectivity index (χ4n) is 6.06. The molecular formula is C40H30O4. The number of allylic oxidation sites excluding steroid dienone is 5. The number of ether oxygens (including phenoxy) is 1. The fourth-order valence-corrected chi connectivity index (χ4v) is 6.06. The predicted octanol–water partition coefficient (Wildman–Crippen LogP) is 8.71. The van der Waals surface area contributed by atoms with Crippen LogP contribution >= 0.6 is 0 Å². The van der Waals surface area contributed by atoms with Crippen molar-refractivity contribution in [2.75, 3.05) is 0 Å². The Morgan fingerprint density at radius 3 is 2.11 bits per heavy atom. The summed E-state index contributed by atoms with van der Waals surface area (Å²) in [5, 5.41) is 14.5. The molecule has 5 aromatic rings. The summed E-state index contributed by atoms with van der Waals surface area (Å²) in [6.45, 7) is 8.07. The van der Waals surface area contributed by atoms with Gasteiger partial charge in [0.05, 0.1) is 22.6 Å². The molecule has 0 N–H and O–H groups in total. The molecule has 0 amide bonds. The largest absolute Gasteiger partial charge is 0.871 e. The highest BCUT2D eigenvalue weighted by molar-refractivity contribution is 6.24. The number of hydrogen-bond donors (Lipinski definition) is 0. The average molecular weight is 575 g/mol. The topological polar surface area (TPSA) is 60.7 Å². The molecule has 44 heavy (non-hydrogen) atoms. The van der Waals surface area contributed by atoms with Gasteiger partial charge in [-0.15, -0.1) is 0 Å². The Morgan fingerprint density at radius 2 is 1.41 bits per heavy atom. The Balaban J connectivity index is 1.36. The molecule has 4 nitrogen and oxygen atoms in total. The van der Waals surface area contributed by atoms with Crippen molar-refractivity contribution >= 4 is 34.2 Å². The first-order valence-corrected chi connectivity index (χ1v) is 14.7. The number of carbonyl (C=O) groups excluding carboxylic acids is 1. The second kappa shape index (κ2) is 10.7. The van der Waals surface area contributed by atoms with Crippen molar-refractivity contribution in [3.05, 3.63) is 159 Å². The SMILES string of the molecule is Cc1cc(C)c2c(c1)/C(=C/C1=C([O-])C(=C\c3cc(-c4ccccc4)[o+]c4c(C)cc(C)cc34)/C1=O)C=C(c1ccccc1)O2. The van der Waals surface area contributed by atoms with Crippen molar-refractivity contribution < 1.29 is 19.1 Å². The lowest BCUT2D eigenvalue weighted by Gasteiger charge is -2.30. The van der Waals surface area contributed by atoms with E-state index in [1.165, 1.54) is 0 Å². The molecule has 0 unspecified atom stereocenters. The van der Waals surface area contributed by atoms with Crippen LogP contribution in [0.3, 0.4) is 0 Å². The van der Waals surface area contributed by atoms with Crippen LogP contribution in [0.1, 0.15) is 38.9 Å². The first-order chi connectivity index (χ1) is 21.3. The van der Waals surface area contributed by atoms with Crippen LogP contribution in [-0.4, -0.2) is 5.78 Å². The van der Waals surface area contributed by atoms with Gasteiger partial charge in [-0.25, -0.2) is 4.42 Å². The lowest BCUT2D eigenvalue weighted by atomic mass is 9.83. The summed E-state index contributed by atoms with van der Waals surface area (Å²) in [4.78, 5) is 13.6. The molecule has 1 aromatic heterocycles. The van der Waals surface area contributed by atoms with Crippen LogP contribution in [0, 0.1) is 27.7 Å². The van der Waals surface area contributed by atoms with E-state index in [-0.39, 0.29) is 22.7 Å². The maximum absolute atomic E-state index is 13.6. The molecule has 0 radical (unpaired) electrons. The molecule has 214 valence electrons. The van der Waals surface area contributed by atoms with Gasteiger partial charge in [0.2, 0.25) is 0 Å². The lowest BCUT2D eigenvalue weighted by molar-refractivity contribution is -0.300. The van der Waals surface area contributed by atoms with Gasteiger partial charge in [0, 0.05) is 27.8 Å². The number of benzene rings is 4. The number of Topliss-reactive ketones (excluding diaryl/α,β-unsaturated/α-hetero) is 1. The molecule has 4 heteroatoms. The zero-order chi connectivity index (χ0) is 30.5. The number of hydrogen-bond acceptors (Lipinski definition) is 3. The van der Waals surface area contributed by atoms with Gasteiger partial charge in [0.15, 0.2) is 5.78 Å². The van der Waals surface area contributed by atoms with E-state index in [1.54, 1.807) is 12.2 Å². The van der Waals surface area contributed by atoms with E-state index in [2.05, 4.69) is 12.1 Å². The van der Waals surface area contributed by atoms with E-state index in [4.69, 9.17) is 9.15 Å². The Hall–Kier alpha value is -5.48. The van der Waals surface area contributed by atoms with Gasteiger partial charge in [0.1, 0.15) is 11.5 Å².